The summed E-state index contributed by atoms with van der Waals surface area (Å²) in [5.74, 6) is 0.109. The molecule has 1 unspecified atom stereocenters. The van der Waals surface area contributed by atoms with Crippen molar-refractivity contribution >= 4 is 20.9 Å². The molecule has 1 aromatic heterocycles. The van der Waals surface area contributed by atoms with E-state index < -0.39 is 10.0 Å². The van der Waals surface area contributed by atoms with Crippen LogP contribution in [-0.4, -0.2) is 30.9 Å². The molecule has 2 aromatic rings. The van der Waals surface area contributed by atoms with E-state index in [1.807, 2.05) is 30.3 Å². The molecule has 0 radical (unpaired) electrons. The maximum absolute atomic E-state index is 11.6. The molecule has 6 heteroatoms. The van der Waals surface area contributed by atoms with Crippen molar-refractivity contribution in [1.29, 1.82) is 0 Å². The van der Waals surface area contributed by atoms with E-state index >= 15 is 0 Å². The first-order valence-corrected chi connectivity index (χ1v) is 8.81. The fraction of sp³-hybridized carbons (Fsp3) is 0.400. The highest BCUT2D eigenvalue weighted by Crippen LogP contribution is 2.38. The Kier molecular flexibility index (Phi) is 3.69. The number of aliphatic hydroxyl groups excluding tert-OH is 1. The number of pyridine rings is 1. The molecule has 0 saturated heterocycles. The Bertz CT molecular complexity index is 754. The van der Waals surface area contributed by atoms with Crippen LogP contribution in [0.2, 0.25) is 0 Å². The molecule has 5 nitrogen and oxygen atoms in total. The van der Waals surface area contributed by atoms with Gasteiger partial charge in [0.2, 0.25) is 10.0 Å². The third-order valence-corrected chi connectivity index (χ3v) is 4.61. The summed E-state index contributed by atoms with van der Waals surface area (Å²) in [5, 5.41) is 10.5. The number of hydrogen-bond donors (Lipinski definition) is 2. The standard InChI is InChI=1S/C15H18N2O3S/c1-21(19,20)17-15(11-7-13(18)8-11)12-6-10-4-2-3-5-14(10)16-9-12/h2-6,9,11,13,15,17-18H,7-8H2,1H3. The second-order valence-electron chi connectivity index (χ2n) is 5.71. The number of rotatable bonds is 4. The summed E-state index contributed by atoms with van der Waals surface area (Å²) >= 11 is 0. The second-order valence-corrected chi connectivity index (χ2v) is 7.49. The first kappa shape index (κ1) is 14.4. The van der Waals surface area contributed by atoms with Crippen LogP contribution in [0.5, 0.6) is 0 Å². The number of nitrogens with one attached hydrogen (secondary N) is 1. The van der Waals surface area contributed by atoms with E-state index in [1.165, 1.54) is 0 Å². The van der Waals surface area contributed by atoms with Crippen LogP contribution in [0.4, 0.5) is 0 Å². The lowest BCUT2D eigenvalue weighted by Gasteiger charge is -2.37. The first-order chi connectivity index (χ1) is 9.92. The molecule has 1 atom stereocenters. The lowest BCUT2D eigenvalue weighted by atomic mass is 9.75. The van der Waals surface area contributed by atoms with Gasteiger partial charge < -0.3 is 5.11 Å². The lowest BCUT2D eigenvalue weighted by molar-refractivity contribution is 0.0280. The fourth-order valence-electron chi connectivity index (χ4n) is 2.83. The van der Waals surface area contributed by atoms with Gasteiger partial charge in [0.15, 0.2) is 0 Å². The van der Waals surface area contributed by atoms with E-state index in [2.05, 4.69) is 9.71 Å². The zero-order valence-electron chi connectivity index (χ0n) is 11.7. The number of nitrogens with zero attached hydrogens (tertiary/aromatic N) is 1. The molecule has 0 amide bonds. The summed E-state index contributed by atoms with van der Waals surface area (Å²) in [4.78, 5) is 4.39. The Morgan fingerprint density at radius 1 is 1.33 bits per heavy atom. The first-order valence-electron chi connectivity index (χ1n) is 6.92. The maximum Gasteiger partial charge on any atom is 0.209 e. The average Bonchev–Trinajstić information content (AvgIpc) is 2.40. The van der Waals surface area contributed by atoms with Crippen LogP contribution >= 0.6 is 0 Å². The highest BCUT2D eigenvalue weighted by molar-refractivity contribution is 7.88. The molecule has 1 fully saturated rings. The zero-order chi connectivity index (χ0) is 15.0. The number of para-hydroxylation sites is 1. The van der Waals surface area contributed by atoms with Gasteiger partial charge in [-0.05, 0) is 36.5 Å². The normalized spacial score (nSPS) is 23.7. The van der Waals surface area contributed by atoms with E-state index in [0.29, 0.717) is 12.8 Å². The summed E-state index contributed by atoms with van der Waals surface area (Å²) in [7, 11) is -3.32. The Morgan fingerprint density at radius 3 is 2.71 bits per heavy atom. The van der Waals surface area contributed by atoms with Gasteiger partial charge in [-0.1, -0.05) is 18.2 Å². The molecule has 1 aliphatic rings. The van der Waals surface area contributed by atoms with Crippen LogP contribution in [0.15, 0.2) is 36.5 Å². The third-order valence-electron chi connectivity index (χ3n) is 3.93. The van der Waals surface area contributed by atoms with Gasteiger partial charge in [0, 0.05) is 11.6 Å². The topological polar surface area (TPSA) is 79.3 Å². The molecule has 0 spiro atoms. The van der Waals surface area contributed by atoms with Gasteiger partial charge in [0.1, 0.15) is 0 Å². The van der Waals surface area contributed by atoms with Crippen molar-refractivity contribution in [3.8, 4) is 0 Å². The highest BCUT2D eigenvalue weighted by Gasteiger charge is 2.36. The van der Waals surface area contributed by atoms with Crippen LogP contribution in [0, 0.1) is 5.92 Å². The number of aliphatic hydroxyl groups is 1. The molecule has 1 aliphatic carbocycles. The SMILES string of the molecule is CS(=O)(=O)NC(c1cnc2ccccc2c1)C1CC(O)C1. The van der Waals surface area contributed by atoms with E-state index in [9.17, 15) is 13.5 Å². The van der Waals surface area contributed by atoms with Gasteiger partial charge >= 0.3 is 0 Å². The van der Waals surface area contributed by atoms with E-state index in [4.69, 9.17) is 0 Å². The van der Waals surface area contributed by atoms with E-state index in [1.54, 1.807) is 6.20 Å². The van der Waals surface area contributed by atoms with E-state index in [-0.39, 0.29) is 18.1 Å². The van der Waals surface area contributed by atoms with Gasteiger partial charge in [0.05, 0.1) is 23.9 Å². The van der Waals surface area contributed by atoms with Gasteiger partial charge in [-0.2, -0.15) is 0 Å². The average molecular weight is 306 g/mol. The Balaban J connectivity index is 1.97. The van der Waals surface area contributed by atoms with Crippen molar-refractivity contribution in [2.24, 2.45) is 5.92 Å². The van der Waals surface area contributed by atoms with Crippen molar-refractivity contribution < 1.29 is 13.5 Å². The predicted octanol–water partition coefficient (Wildman–Crippen LogP) is 1.60. The molecule has 3 rings (SSSR count). The Labute approximate surface area is 124 Å². The molecule has 0 aliphatic heterocycles. The summed E-state index contributed by atoms with van der Waals surface area (Å²) in [5.41, 5.74) is 1.73. The fourth-order valence-corrected chi connectivity index (χ4v) is 3.62. The zero-order valence-corrected chi connectivity index (χ0v) is 12.5. The number of hydrogen-bond acceptors (Lipinski definition) is 4. The van der Waals surface area contributed by atoms with Crippen molar-refractivity contribution in [3.63, 3.8) is 0 Å². The number of sulfonamides is 1. The van der Waals surface area contributed by atoms with Gasteiger partial charge in [-0.15, -0.1) is 0 Å². The second kappa shape index (κ2) is 5.36. The van der Waals surface area contributed by atoms with Gasteiger partial charge in [-0.25, -0.2) is 13.1 Å². The monoisotopic (exact) mass is 306 g/mol. The highest BCUT2D eigenvalue weighted by atomic mass is 32.2. The van der Waals surface area contributed by atoms with Crippen molar-refractivity contribution in [2.75, 3.05) is 6.26 Å². The van der Waals surface area contributed by atoms with Gasteiger partial charge in [0.25, 0.3) is 0 Å². The van der Waals surface area contributed by atoms with E-state index in [0.717, 1.165) is 22.7 Å². The summed E-state index contributed by atoms with van der Waals surface area (Å²) in [6, 6.07) is 9.37. The van der Waals surface area contributed by atoms with Gasteiger partial charge in [-0.3, -0.25) is 4.98 Å². The number of fused-ring (bicyclic) bond motifs is 1. The number of benzene rings is 1. The molecule has 21 heavy (non-hydrogen) atoms. The third kappa shape index (κ3) is 3.23. The molecular weight excluding hydrogens is 288 g/mol. The predicted molar refractivity (Wildman–Crippen MR) is 81.2 cm³/mol. The summed E-state index contributed by atoms with van der Waals surface area (Å²) < 4.78 is 25.9. The summed E-state index contributed by atoms with van der Waals surface area (Å²) in [6.07, 6.45) is 3.77. The van der Waals surface area contributed by atoms with Crippen LogP contribution < -0.4 is 4.72 Å². The minimum absolute atomic E-state index is 0.109. The molecular formula is C15H18N2O3S. The Hall–Kier alpha value is -1.50. The molecule has 1 aromatic carbocycles. The maximum atomic E-state index is 11.6. The lowest BCUT2D eigenvalue weighted by Crippen LogP contribution is -2.41. The largest absolute Gasteiger partial charge is 0.393 e. The van der Waals surface area contributed by atoms with Crippen molar-refractivity contribution in [2.45, 2.75) is 25.0 Å². The molecule has 2 N–H and O–H groups in total. The molecule has 0 bridgehead atoms. The quantitative estimate of drug-likeness (QED) is 0.899. The van der Waals surface area contributed by atoms with Crippen molar-refractivity contribution in [1.82, 2.24) is 9.71 Å². The minimum Gasteiger partial charge on any atom is -0.393 e. The van der Waals surface area contributed by atoms with Crippen LogP contribution in [0.3, 0.4) is 0 Å². The molecule has 1 saturated carbocycles. The van der Waals surface area contributed by atoms with Crippen LogP contribution in [0.25, 0.3) is 10.9 Å². The van der Waals surface area contributed by atoms with Crippen molar-refractivity contribution in [3.05, 3.63) is 42.1 Å². The summed E-state index contributed by atoms with van der Waals surface area (Å²) in [6.45, 7) is 0. The molecule has 112 valence electrons. The van der Waals surface area contributed by atoms with Crippen LogP contribution in [-0.2, 0) is 10.0 Å². The Morgan fingerprint density at radius 2 is 2.05 bits per heavy atom. The number of aromatic nitrogens is 1. The molecule has 1 heterocycles. The van der Waals surface area contributed by atoms with Crippen LogP contribution in [0.1, 0.15) is 24.4 Å². The minimum atomic E-state index is -3.32. The smallest absolute Gasteiger partial charge is 0.209 e.